The molecule has 6 atom stereocenters. The Hall–Kier alpha value is -4.26. The summed E-state index contributed by atoms with van der Waals surface area (Å²) in [5.41, 5.74) is 0.0704. The van der Waals surface area contributed by atoms with E-state index in [4.69, 9.17) is 0 Å². The molecule has 6 unspecified atom stereocenters. The average molecular weight is 563 g/mol. The molecule has 2 aliphatic heterocycles. The van der Waals surface area contributed by atoms with Crippen LogP contribution in [0, 0.1) is 29.1 Å². The van der Waals surface area contributed by atoms with E-state index in [9.17, 15) is 24.3 Å². The average Bonchev–Trinajstić information content (AvgIpc) is 3.34. The van der Waals surface area contributed by atoms with Crippen LogP contribution in [0.4, 0.5) is 5.69 Å². The fraction of sp³-hybridized carbons (Fsp3) is 0.371. The number of likely N-dealkylation sites (tertiary alicyclic amines) is 1. The van der Waals surface area contributed by atoms with Crippen molar-refractivity contribution in [2.75, 3.05) is 4.90 Å². The molecule has 3 aromatic carbocycles. The molecule has 1 saturated carbocycles. The highest BCUT2D eigenvalue weighted by Gasteiger charge is 2.68. The molecule has 3 fully saturated rings. The third-order valence-electron chi connectivity index (χ3n) is 10.2. The molecule has 7 heteroatoms. The van der Waals surface area contributed by atoms with E-state index in [1.54, 1.807) is 24.3 Å². The molecule has 42 heavy (non-hydrogen) atoms. The number of phenols is 1. The van der Waals surface area contributed by atoms with Crippen LogP contribution in [0.15, 0.2) is 78.4 Å². The van der Waals surface area contributed by atoms with Gasteiger partial charge in [-0.3, -0.25) is 24.1 Å². The summed E-state index contributed by atoms with van der Waals surface area (Å²) in [6.07, 6.45) is 2.69. The van der Waals surface area contributed by atoms with Gasteiger partial charge in [0, 0.05) is 22.4 Å². The molecule has 214 valence electrons. The van der Waals surface area contributed by atoms with Gasteiger partial charge >= 0.3 is 0 Å². The highest BCUT2D eigenvalue weighted by Crippen LogP contribution is 2.64. The van der Waals surface area contributed by atoms with E-state index >= 15 is 0 Å². The van der Waals surface area contributed by atoms with Gasteiger partial charge in [0.1, 0.15) is 5.75 Å². The number of amides is 4. The standard InChI is InChI=1S/C35H34N2O5/c1-34(2,3)37-30(39)23-17-16-22-25(27(23)32(37)41)18-26-31(40)36(20-11-6-5-7-12-20)33(42)35(26,4)28(22)24-15-14-19-10-8-9-13-21(19)29(24)38/h5-16,23,25-28,38H,17-18H2,1-4H3. The summed E-state index contributed by atoms with van der Waals surface area (Å²) in [7, 11) is 0. The lowest BCUT2D eigenvalue weighted by atomic mass is 9.51. The first-order chi connectivity index (χ1) is 20.0. The van der Waals surface area contributed by atoms with E-state index in [-0.39, 0.29) is 29.4 Å². The molecule has 0 bridgehead atoms. The monoisotopic (exact) mass is 562 g/mol. The topological polar surface area (TPSA) is 95.0 Å². The van der Waals surface area contributed by atoms with Gasteiger partial charge in [-0.05, 0) is 64.0 Å². The normalized spacial score (nSPS) is 30.9. The van der Waals surface area contributed by atoms with Crippen LogP contribution in [0.3, 0.4) is 0 Å². The van der Waals surface area contributed by atoms with Crippen LogP contribution < -0.4 is 4.90 Å². The Balaban J connectivity index is 1.44. The number of carbonyl (C=O) groups is 4. The van der Waals surface area contributed by atoms with Crippen LogP contribution in [-0.2, 0) is 19.2 Å². The Morgan fingerprint density at radius 2 is 1.52 bits per heavy atom. The number of phenolic OH excluding ortho intramolecular Hbond substituents is 1. The zero-order chi connectivity index (χ0) is 29.7. The highest BCUT2D eigenvalue weighted by molar-refractivity contribution is 6.24. The van der Waals surface area contributed by atoms with Gasteiger partial charge in [-0.1, -0.05) is 66.2 Å². The first-order valence-corrected chi connectivity index (χ1v) is 14.7. The number of rotatable bonds is 2. The van der Waals surface area contributed by atoms with E-state index < -0.39 is 40.5 Å². The minimum atomic E-state index is -1.20. The maximum atomic E-state index is 14.5. The first-order valence-electron chi connectivity index (χ1n) is 14.7. The second kappa shape index (κ2) is 8.87. The van der Waals surface area contributed by atoms with E-state index in [0.29, 0.717) is 29.5 Å². The zero-order valence-electron chi connectivity index (χ0n) is 24.2. The number of imide groups is 2. The molecule has 4 amide bonds. The summed E-state index contributed by atoms with van der Waals surface area (Å²) in [5.74, 6) is -3.83. The van der Waals surface area contributed by atoms with Crippen LogP contribution in [0.2, 0.25) is 0 Å². The molecule has 1 N–H and O–H groups in total. The summed E-state index contributed by atoms with van der Waals surface area (Å²) < 4.78 is 0. The molecule has 0 aromatic heterocycles. The molecular weight excluding hydrogens is 528 g/mol. The molecule has 7 nitrogen and oxygen atoms in total. The van der Waals surface area contributed by atoms with Crippen LogP contribution in [0.25, 0.3) is 10.8 Å². The van der Waals surface area contributed by atoms with Gasteiger partial charge in [0.15, 0.2) is 0 Å². The van der Waals surface area contributed by atoms with Crippen molar-refractivity contribution < 1.29 is 24.3 Å². The van der Waals surface area contributed by atoms with Crippen molar-refractivity contribution in [2.45, 2.75) is 52.0 Å². The van der Waals surface area contributed by atoms with Gasteiger partial charge in [0.05, 0.1) is 28.9 Å². The fourth-order valence-corrected chi connectivity index (χ4v) is 8.35. The summed E-state index contributed by atoms with van der Waals surface area (Å²) in [5, 5.41) is 13.3. The SMILES string of the molecule is CC12C(=O)N(c3ccccc3)C(=O)C1CC1C(=CCC3C(=O)N(C(C)(C)C)C(=O)C31)C2c1ccc2ccccc2c1O. The number of hydrogen-bond acceptors (Lipinski definition) is 5. The van der Waals surface area contributed by atoms with Gasteiger partial charge in [0.2, 0.25) is 23.6 Å². The quantitative estimate of drug-likeness (QED) is 0.325. The fourth-order valence-electron chi connectivity index (χ4n) is 8.35. The maximum Gasteiger partial charge on any atom is 0.241 e. The number of nitrogens with zero attached hydrogens (tertiary/aromatic N) is 2. The van der Waals surface area contributed by atoms with Crippen molar-refractivity contribution >= 4 is 40.1 Å². The molecule has 3 aromatic rings. The first kappa shape index (κ1) is 26.6. The molecule has 2 heterocycles. The van der Waals surface area contributed by atoms with Gasteiger partial charge in [-0.2, -0.15) is 0 Å². The number of allylic oxidation sites excluding steroid dienone is 2. The lowest BCUT2D eigenvalue weighted by Gasteiger charge is -2.49. The van der Waals surface area contributed by atoms with E-state index in [1.807, 2.05) is 76.2 Å². The van der Waals surface area contributed by atoms with Crippen molar-refractivity contribution in [3.8, 4) is 5.75 Å². The lowest BCUT2D eigenvalue weighted by molar-refractivity contribution is -0.145. The number of anilines is 1. The zero-order valence-corrected chi connectivity index (χ0v) is 24.2. The lowest BCUT2D eigenvalue weighted by Crippen LogP contribution is -2.49. The number of fused-ring (bicyclic) bond motifs is 5. The third-order valence-corrected chi connectivity index (χ3v) is 10.2. The van der Waals surface area contributed by atoms with Crippen LogP contribution in [0.1, 0.15) is 52.0 Å². The minimum absolute atomic E-state index is 0.0744. The van der Waals surface area contributed by atoms with Gasteiger partial charge < -0.3 is 5.11 Å². The smallest absolute Gasteiger partial charge is 0.241 e. The van der Waals surface area contributed by atoms with Gasteiger partial charge in [0.25, 0.3) is 0 Å². The summed E-state index contributed by atoms with van der Waals surface area (Å²) in [6.45, 7) is 7.42. The third kappa shape index (κ3) is 3.39. The van der Waals surface area contributed by atoms with Gasteiger partial charge in [-0.25, -0.2) is 4.90 Å². The van der Waals surface area contributed by atoms with E-state index in [0.717, 1.165) is 11.0 Å². The van der Waals surface area contributed by atoms with Gasteiger partial charge in [-0.15, -0.1) is 0 Å². The van der Waals surface area contributed by atoms with Crippen molar-refractivity contribution in [1.82, 2.24) is 4.90 Å². The Morgan fingerprint density at radius 1 is 0.833 bits per heavy atom. The number of carbonyl (C=O) groups excluding carboxylic acids is 4. The maximum absolute atomic E-state index is 14.5. The predicted molar refractivity (Wildman–Crippen MR) is 158 cm³/mol. The summed E-state index contributed by atoms with van der Waals surface area (Å²) in [4.78, 5) is 59.0. The molecule has 4 aliphatic rings. The van der Waals surface area contributed by atoms with Crippen molar-refractivity contribution in [3.63, 3.8) is 0 Å². The molecule has 2 aliphatic carbocycles. The van der Waals surface area contributed by atoms with Crippen LogP contribution in [0.5, 0.6) is 5.75 Å². The van der Waals surface area contributed by atoms with Crippen molar-refractivity contribution in [2.24, 2.45) is 29.1 Å². The summed E-state index contributed by atoms with van der Waals surface area (Å²) in [6, 6.07) is 20.2. The molecule has 0 radical (unpaired) electrons. The second-order valence-electron chi connectivity index (χ2n) is 13.4. The van der Waals surface area contributed by atoms with E-state index in [2.05, 4.69) is 0 Å². The minimum Gasteiger partial charge on any atom is -0.507 e. The Labute approximate surface area is 244 Å². The van der Waals surface area contributed by atoms with Crippen LogP contribution >= 0.6 is 0 Å². The van der Waals surface area contributed by atoms with Crippen molar-refractivity contribution in [1.29, 1.82) is 0 Å². The largest absolute Gasteiger partial charge is 0.507 e. The van der Waals surface area contributed by atoms with Crippen LogP contribution in [-0.4, -0.2) is 39.2 Å². The Morgan fingerprint density at radius 3 is 2.24 bits per heavy atom. The number of benzene rings is 3. The summed E-state index contributed by atoms with van der Waals surface area (Å²) >= 11 is 0. The molecule has 7 rings (SSSR count). The predicted octanol–water partition coefficient (Wildman–Crippen LogP) is 5.57. The Kier molecular flexibility index (Phi) is 5.62. The molecule has 0 spiro atoms. The second-order valence-corrected chi connectivity index (χ2v) is 13.4. The Bertz CT molecular complexity index is 1720. The number of para-hydroxylation sites is 1. The highest BCUT2D eigenvalue weighted by atomic mass is 16.3. The number of aromatic hydroxyl groups is 1. The number of hydrogen-bond donors (Lipinski definition) is 1. The molecule has 2 saturated heterocycles. The van der Waals surface area contributed by atoms with E-state index in [1.165, 1.54) is 9.80 Å². The molecular formula is C35H34N2O5. The van der Waals surface area contributed by atoms with Crippen molar-refractivity contribution in [3.05, 3.63) is 83.9 Å².